The highest BCUT2D eigenvalue weighted by atomic mass is 14.9. The Bertz CT molecular complexity index is 2960. The first-order valence-electron chi connectivity index (χ1n) is 17.0. The molecule has 6 heteroatoms. The zero-order valence-corrected chi connectivity index (χ0v) is 28.1. The molecular formula is C48H18N6. The van der Waals surface area contributed by atoms with Gasteiger partial charge in [0.05, 0.1) is 18.2 Å². The summed E-state index contributed by atoms with van der Waals surface area (Å²) in [6.07, 6.45) is 0. The van der Waals surface area contributed by atoms with Crippen LogP contribution in [-0.2, 0) is 0 Å². The summed E-state index contributed by atoms with van der Waals surface area (Å²) in [7, 11) is 0. The number of nitriles is 3. The van der Waals surface area contributed by atoms with Crippen LogP contribution in [-0.4, -0.2) is 0 Å². The zero-order valence-electron chi connectivity index (χ0n) is 28.1. The lowest BCUT2D eigenvalue weighted by molar-refractivity contribution is 1.46. The van der Waals surface area contributed by atoms with Crippen molar-refractivity contribution in [3.8, 4) is 51.6 Å². The molecule has 0 saturated carbocycles. The van der Waals surface area contributed by atoms with E-state index in [9.17, 15) is 15.8 Å². The second-order valence-electron chi connectivity index (χ2n) is 13.2. The highest BCUT2D eigenvalue weighted by Crippen LogP contribution is 2.66. The van der Waals surface area contributed by atoms with E-state index in [2.05, 4.69) is 32.7 Å². The van der Waals surface area contributed by atoms with Crippen LogP contribution in [0.25, 0.3) is 97.0 Å². The minimum Gasteiger partial charge on any atom is -0.226 e. The first-order valence-corrected chi connectivity index (χ1v) is 17.0. The molecule has 0 radical (unpaired) electrons. The summed E-state index contributed by atoms with van der Waals surface area (Å²) in [6.45, 7) is 24.9. The van der Waals surface area contributed by atoms with Crippen molar-refractivity contribution in [2.24, 2.45) is 0 Å². The van der Waals surface area contributed by atoms with Gasteiger partial charge in [-0.2, -0.15) is 20.2 Å². The van der Waals surface area contributed by atoms with Crippen LogP contribution in [0.15, 0.2) is 126 Å². The average molecular weight is 679 g/mol. The largest absolute Gasteiger partial charge is 0.527 e. The second-order valence-corrected chi connectivity index (χ2v) is 13.2. The summed E-state index contributed by atoms with van der Waals surface area (Å²) >= 11 is 0. The van der Waals surface area contributed by atoms with Crippen LogP contribution in [0.4, 0.5) is 0 Å². The molecule has 7 aromatic rings. The molecule has 240 valence electrons. The van der Waals surface area contributed by atoms with Crippen molar-refractivity contribution in [3.05, 3.63) is 194 Å². The fourth-order valence-electron chi connectivity index (χ4n) is 9.05. The number of fused-ring (bicyclic) bond motifs is 18. The molecule has 0 spiro atoms. The van der Waals surface area contributed by atoms with Crippen molar-refractivity contribution >= 4 is 49.0 Å². The van der Waals surface area contributed by atoms with Crippen molar-refractivity contribution in [2.75, 3.05) is 0 Å². The number of nitrogens with zero attached hydrogens (tertiary/aromatic N) is 6. The Hall–Kier alpha value is -8.52. The Morgan fingerprint density at radius 1 is 0.389 bits per heavy atom. The first-order chi connectivity index (χ1) is 26.6. The third-order valence-electron chi connectivity index (χ3n) is 11.0. The monoisotopic (exact) mass is 678 g/mol. The molecule has 0 saturated heterocycles. The Morgan fingerprint density at radius 2 is 0.778 bits per heavy atom. The van der Waals surface area contributed by atoms with E-state index in [0.717, 1.165) is 60.1 Å². The normalized spacial score (nSPS) is 13.2. The fraction of sp³-hybridized carbons (Fsp3) is 0. The molecule has 0 unspecified atom stereocenters. The third-order valence-corrected chi connectivity index (χ3v) is 11.0. The number of benzene rings is 7. The number of hydrogen-bond donors (Lipinski definition) is 0. The molecule has 3 aliphatic carbocycles. The Labute approximate surface area is 309 Å². The lowest BCUT2D eigenvalue weighted by atomic mass is 9.83. The van der Waals surface area contributed by atoms with Crippen LogP contribution in [0.2, 0.25) is 0 Å². The van der Waals surface area contributed by atoms with Crippen molar-refractivity contribution in [2.45, 2.75) is 0 Å². The van der Waals surface area contributed by atoms with E-state index >= 15 is 0 Å². The van der Waals surface area contributed by atoms with Crippen molar-refractivity contribution in [1.82, 2.24) is 0 Å². The molecule has 0 aliphatic heterocycles. The predicted molar refractivity (Wildman–Crippen MR) is 210 cm³/mol. The molecule has 0 fully saturated rings. The minimum absolute atomic E-state index is 0.0824. The molecular weight excluding hydrogens is 661 g/mol. The molecule has 10 rings (SSSR count). The Morgan fingerprint density at radius 3 is 1.19 bits per heavy atom. The highest BCUT2D eigenvalue weighted by Gasteiger charge is 2.46. The van der Waals surface area contributed by atoms with Gasteiger partial charge >= 0.3 is 5.82 Å². The maximum absolute atomic E-state index is 10.7. The topological polar surface area (TPSA) is 84.4 Å². The molecule has 0 aromatic heterocycles. The van der Waals surface area contributed by atoms with Gasteiger partial charge in [-0.15, -0.1) is 0 Å². The van der Waals surface area contributed by atoms with Crippen molar-refractivity contribution < 1.29 is 0 Å². The molecule has 0 atom stereocenters. The van der Waals surface area contributed by atoms with Crippen LogP contribution < -0.4 is 0 Å². The van der Waals surface area contributed by atoms with E-state index in [1.165, 1.54) is 0 Å². The maximum atomic E-state index is 10.7. The molecule has 7 aromatic carbocycles. The molecule has 3 aliphatic rings. The van der Waals surface area contributed by atoms with Crippen LogP contribution in [0.5, 0.6) is 0 Å². The summed E-state index contributed by atoms with van der Waals surface area (Å²) in [5.74, 6) is -0.119. The van der Waals surface area contributed by atoms with Crippen molar-refractivity contribution in [1.29, 1.82) is 15.8 Å². The van der Waals surface area contributed by atoms with E-state index in [1.54, 1.807) is 0 Å². The summed E-state index contributed by atoms with van der Waals surface area (Å²) < 4.78 is 0. The number of hydrogen-bond acceptors (Lipinski definition) is 3. The summed E-state index contributed by atoms with van der Waals surface area (Å²) in [5, 5.41) is 37.3. The highest BCUT2D eigenvalue weighted by molar-refractivity contribution is 6.29. The smallest absolute Gasteiger partial charge is 0.226 e. The Balaban J connectivity index is 1.57. The molecule has 0 heterocycles. The standard InChI is InChI=1S/C48H18N6/c1-52-35(24-51)43-38-30-14-8-5-11-26(30)17-20-33(38)42-45(43)40-32-19-16-25-10-4-7-13-29(25)37(32)36(28(22-49)23-50)44(40)41-34-21-18-27-12-6-9-15-31(27)39(34)47(46(41)42)48(53-2)54-3/h4-21H/b43-35+. The summed E-state index contributed by atoms with van der Waals surface area (Å²) in [5.41, 5.74) is 9.66. The molecule has 54 heavy (non-hydrogen) atoms. The van der Waals surface area contributed by atoms with Crippen LogP contribution in [0, 0.1) is 53.7 Å². The second kappa shape index (κ2) is 11.0. The average Bonchev–Trinajstić information content (AvgIpc) is 3.86. The van der Waals surface area contributed by atoms with Gasteiger partial charge in [0.15, 0.2) is 0 Å². The van der Waals surface area contributed by atoms with Gasteiger partial charge < -0.3 is 0 Å². The minimum atomic E-state index is -0.119. The Kier molecular flexibility index (Phi) is 6.17. The van der Waals surface area contributed by atoms with Gasteiger partial charge in [0.1, 0.15) is 30.9 Å². The third kappa shape index (κ3) is 3.61. The fourth-order valence-corrected chi connectivity index (χ4v) is 9.05. The summed E-state index contributed by atoms with van der Waals surface area (Å²) in [6, 6.07) is 42.2. The van der Waals surface area contributed by atoms with Crippen LogP contribution >= 0.6 is 0 Å². The van der Waals surface area contributed by atoms with Crippen LogP contribution in [0.3, 0.4) is 0 Å². The predicted octanol–water partition coefficient (Wildman–Crippen LogP) is 11.7. The van der Waals surface area contributed by atoms with E-state index in [0.29, 0.717) is 55.7 Å². The lowest BCUT2D eigenvalue weighted by Gasteiger charge is -2.18. The van der Waals surface area contributed by atoms with E-state index < -0.39 is 0 Å². The van der Waals surface area contributed by atoms with Gasteiger partial charge in [0.25, 0.3) is 5.70 Å². The number of rotatable bonds is 0. The van der Waals surface area contributed by atoms with Gasteiger partial charge in [0, 0.05) is 22.3 Å². The van der Waals surface area contributed by atoms with E-state index in [4.69, 9.17) is 19.7 Å². The van der Waals surface area contributed by atoms with Gasteiger partial charge in [-0.1, -0.05) is 109 Å². The van der Waals surface area contributed by atoms with Crippen molar-refractivity contribution in [3.63, 3.8) is 0 Å². The van der Waals surface area contributed by atoms with Gasteiger partial charge in [-0.25, -0.2) is 10.1 Å². The summed E-state index contributed by atoms with van der Waals surface area (Å²) in [4.78, 5) is 11.4. The van der Waals surface area contributed by atoms with Crippen LogP contribution in [0.1, 0.15) is 33.4 Å². The van der Waals surface area contributed by atoms with E-state index in [1.807, 2.05) is 109 Å². The van der Waals surface area contributed by atoms with E-state index in [-0.39, 0.29) is 17.1 Å². The quantitative estimate of drug-likeness (QED) is 0.118. The van der Waals surface area contributed by atoms with Gasteiger partial charge in [-0.3, -0.25) is 0 Å². The molecule has 0 N–H and O–H groups in total. The SMILES string of the molecule is [C-]#[N+]C([N+]#[C-])=C1c2c(c3c(c4c2-c2ccc5ccccc5c2/C4=C(/C#N)[N+]#[C-])-c2ccc4ccccc4c2C3=C(C#N)C#N)-c2ccc3ccccc3c21. The first kappa shape index (κ1) is 30.3. The zero-order chi connectivity index (χ0) is 36.8. The lowest BCUT2D eigenvalue weighted by Crippen LogP contribution is -1.99. The van der Waals surface area contributed by atoms with Gasteiger partial charge in [-0.05, 0) is 88.0 Å². The molecule has 6 nitrogen and oxygen atoms in total. The van der Waals surface area contributed by atoms with Gasteiger partial charge in [0.2, 0.25) is 0 Å². The molecule has 0 bridgehead atoms. The molecule has 0 amide bonds. The maximum Gasteiger partial charge on any atom is 0.527 e. The number of allylic oxidation sites excluding steroid dienone is 2.